The van der Waals surface area contributed by atoms with Crippen LogP contribution in [0.5, 0.6) is 0 Å². The first-order valence-corrected chi connectivity index (χ1v) is 7.10. The second-order valence-electron chi connectivity index (χ2n) is 5.73. The maximum absolute atomic E-state index is 13.8. The largest absolute Gasteiger partial charge is 0.314 e. The molecule has 0 amide bonds. The summed E-state index contributed by atoms with van der Waals surface area (Å²) < 4.78 is 27.6. The van der Waals surface area contributed by atoms with Crippen LogP contribution in [-0.4, -0.2) is 30.1 Å². The zero-order chi connectivity index (χ0) is 13.3. The lowest BCUT2D eigenvalue weighted by molar-refractivity contribution is 0.0552. The summed E-state index contributed by atoms with van der Waals surface area (Å²) in [6, 6.07) is 4.13. The highest BCUT2D eigenvalue weighted by molar-refractivity contribution is 5.20. The molecule has 1 saturated heterocycles. The van der Waals surface area contributed by atoms with Crippen molar-refractivity contribution in [1.82, 2.24) is 10.2 Å². The van der Waals surface area contributed by atoms with Gasteiger partial charge in [0.2, 0.25) is 0 Å². The lowest BCUT2D eigenvalue weighted by atomic mass is 9.92. The van der Waals surface area contributed by atoms with Crippen LogP contribution in [0.25, 0.3) is 0 Å². The molecule has 0 aromatic heterocycles. The molecule has 4 heteroatoms. The predicted octanol–water partition coefficient (Wildman–Crippen LogP) is 2.68. The standard InChI is InChI=1S/C15H20F2N2/c16-13-4-3-5-14(17)12(13)10-19-9-8-18-11-15(19)6-1-2-7-15/h3-5,18H,1-2,6-11H2. The molecule has 1 spiro atoms. The molecule has 1 aromatic rings. The van der Waals surface area contributed by atoms with E-state index in [-0.39, 0.29) is 11.1 Å². The summed E-state index contributed by atoms with van der Waals surface area (Å²) in [5.74, 6) is -0.849. The lowest BCUT2D eigenvalue weighted by Gasteiger charge is -2.45. The zero-order valence-electron chi connectivity index (χ0n) is 11.1. The number of benzene rings is 1. The van der Waals surface area contributed by atoms with Gasteiger partial charge in [0.1, 0.15) is 11.6 Å². The van der Waals surface area contributed by atoms with Gasteiger partial charge in [-0.3, -0.25) is 4.90 Å². The van der Waals surface area contributed by atoms with Gasteiger partial charge in [-0.15, -0.1) is 0 Å². The van der Waals surface area contributed by atoms with Gasteiger partial charge >= 0.3 is 0 Å². The van der Waals surface area contributed by atoms with Crippen molar-refractivity contribution in [2.45, 2.75) is 37.8 Å². The van der Waals surface area contributed by atoms with Gasteiger partial charge in [-0.2, -0.15) is 0 Å². The molecule has 19 heavy (non-hydrogen) atoms. The Morgan fingerprint density at radius 2 is 1.84 bits per heavy atom. The second kappa shape index (κ2) is 5.17. The summed E-state index contributed by atoms with van der Waals surface area (Å²) in [6.07, 6.45) is 4.71. The molecule has 2 nitrogen and oxygen atoms in total. The minimum atomic E-state index is -0.424. The average molecular weight is 266 g/mol. The molecule has 1 aromatic carbocycles. The molecule has 0 radical (unpaired) electrons. The van der Waals surface area contributed by atoms with E-state index in [4.69, 9.17) is 0 Å². The molecular formula is C15H20F2N2. The van der Waals surface area contributed by atoms with Crippen LogP contribution in [-0.2, 0) is 6.54 Å². The summed E-state index contributed by atoms with van der Waals surface area (Å²) >= 11 is 0. The van der Waals surface area contributed by atoms with Crippen LogP contribution < -0.4 is 5.32 Å². The quantitative estimate of drug-likeness (QED) is 0.885. The molecule has 104 valence electrons. The summed E-state index contributed by atoms with van der Waals surface area (Å²) in [5.41, 5.74) is 0.336. The van der Waals surface area contributed by atoms with Gasteiger partial charge in [-0.05, 0) is 25.0 Å². The number of nitrogens with zero attached hydrogens (tertiary/aromatic N) is 1. The van der Waals surface area contributed by atoms with Crippen LogP contribution in [0.1, 0.15) is 31.2 Å². The van der Waals surface area contributed by atoms with Crippen LogP contribution >= 0.6 is 0 Å². The Bertz CT molecular complexity index is 435. The molecule has 1 aliphatic heterocycles. The highest BCUT2D eigenvalue weighted by atomic mass is 19.1. The van der Waals surface area contributed by atoms with Gasteiger partial charge in [-0.25, -0.2) is 8.78 Å². The van der Waals surface area contributed by atoms with Gasteiger partial charge in [-0.1, -0.05) is 18.9 Å². The minimum absolute atomic E-state index is 0.118. The van der Waals surface area contributed by atoms with Crippen LogP contribution in [0.2, 0.25) is 0 Å². The smallest absolute Gasteiger partial charge is 0.130 e. The van der Waals surface area contributed by atoms with E-state index in [1.54, 1.807) is 0 Å². The van der Waals surface area contributed by atoms with E-state index in [9.17, 15) is 8.78 Å². The van der Waals surface area contributed by atoms with Crippen LogP contribution in [0.3, 0.4) is 0 Å². The van der Waals surface area contributed by atoms with Crippen molar-refractivity contribution in [2.24, 2.45) is 0 Å². The van der Waals surface area contributed by atoms with Gasteiger partial charge in [0, 0.05) is 37.3 Å². The molecule has 0 unspecified atom stereocenters. The third kappa shape index (κ3) is 2.39. The number of piperazine rings is 1. The van der Waals surface area contributed by atoms with Crippen LogP contribution in [0.4, 0.5) is 8.78 Å². The molecule has 3 rings (SSSR count). The van der Waals surface area contributed by atoms with Crippen LogP contribution in [0.15, 0.2) is 18.2 Å². The van der Waals surface area contributed by atoms with Crippen molar-refractivity contribution < 1.29 is 8.78 Å². The topological polar surface area (TPSA) is 15.3 Å². The maximum atomic E-state index is 13.8. The van der Waals surface area contributed by atoms with E-state index in [1.807, 2.05) is 0 Å². The summed E-state index contributed by atoms with van der Waals surface area (Å²) in [7, 11) is 0. The molecule has 1 aliphatic carbocycles. The Morgan fingerprint density at radius 3 is 2.53 bits per heavy atom. The summed E-state index contributed by atoms with van der Waals surface area (Å²) in [6.45, 7) is 3.11. The average Bonchev–Trinajstić information content (AvgIpc) is 2.85. The van der Waals surface area contributed by atoms with E-state index < -0.39 is 11.6 Å². The zero-order valence-corrected chi connectivity index (χ0v) is 11.1. The normalized spacial score (nSPS) is 23.1. The molecule has 1 heterocycles. The third-order valence-corrected chi connectivity index (χ3v) is 4.63. The highest BCUT2D eigenvalue weighted by Gasteiger charge is 2.41. The van der Waals surface area contributed by atoms with E-state index in [0.29, 0.717) is 6.54 Å². The van der Waals surface area contributed by atoms with Gasteiger partial charge < -0.3 is 5.32 Å². The molecule has 1 saturated carbocycles. The Labute approximate surface area is 112 Å². The molecular weight excluding hydrogens is 246 g/mol. The number of nitrogens with one attached hydrogen (secondary N) is 1. The van der Waals surface area contributed by atoms with Crippen LogP contribution in [0, 0.1) is 11.6 Å². The van der Waals surface area contributed by atoms with Crippen molar-refractivity contribution in [3.63, 3.8) is 0 Å². The maximum Gasteiger partial charge on any atom is 0.130 e. The third-order valence-electron chi connectivity index (χ3n) is 4.63. The fourth-order valence-corrected chi connectivity index (χ4v) is 3.53. The predicted molar refractivity (Wildman–Crippen MR) is 70.8 cm³/mol. The van der Waals surface area contributed by atoms with E-state index in [2.05, 4.69) is 10.2 Å². The van der Waals surface area contributed by atoms with E-state index in [1.165, 1.54) is 31.0 Å². The van der Waals surface area contributed by atoms with Crippen molar-refractivity contribution in [2.75, 3.05) is 19.6 Å². The van der Waals surface area contributed by atoms with Crippen molar-refractivity contribution in [1.29, 1.82) is 0 Å². The van der Waals surface area contributed by atoms with E-state index >= 15 is 0 Å². The first-order chi connectivity index (χ1) is 9.21. The van der Waals surface area contributed by atoms with Gasteiger partial charge in [0.15, 0.2) is 0 Å². The number of halogens is 2. The Morgan fingerprint density at radius 1 is 1.16 bits per heavy atom. The fraction of sp³-hybridized carbons (Fsp3) is 0.600. The molecule has 0 bridgehead atoms. The Hall–Kier alpha value is -1.00. The van der Waals surface area contributed by atoms with Gasteiger partial charge in [0.25, 0.3) is 0 Å². The Kier molecular flexibility index (Phi) is 3.54. The Balaban J connectivity index is 1.84. The first-order valence-electron chi connectivity index (χ1n) is 7.10. The molecule has 2 fully saturated rings. The van der Waals surface area contributed by atoms with Crippen molar-refractivity contribution >= 4 is 0 Å². The number of hydrogen-bond acceptors (Lipinski definition) is 2. The second-order valence-corrected chi connectivity index (χ2v) is 5.73. The van der Waals surface area contributed by atoms with Crippen molar-refractivity contribution in [3.8, 4) is 0 Å². The molecule has 2 aliphatic rings. The fourth-order valence-electron chi connectivity index (χ4n) is 3.53. The lowest BCUT2D eigenvalue weighted by Crippen LogP contribution is -2.59. The number of rotatable bonds is 2. The van der Waals surface area contributed by atoms with E-state index in [0.717, 1.165) is 32.5 Å². The number of hydrogen-bond donors (Lipinski definition) is 1. The molecule has 0 atom stereocenters. The monoisotopic (exact) mass is 266 g/mol. The van der Waals surface area contributed by atoms with Gasteiger partial charge in [0.05, 0.1) is 0 Å². The van der Waals surface area contributed by atoms with Crippen molar-refractivity contribution in [3.05, 3.63) is 35.4 Å². The minimum Gasteiger partial charge on any atom is -0.314 e. The first kappa shape index (κ1) is 13.0. The summed E-state index contributed by atoms with van der Waals surface area (Å²) in [5, 5.41) is 3.43. The summed E-state index contributed by atoms with van der Waals surface area (Å²) in [4.78, 5) is 2.29. The SMILES string of the molecule is Fc1cccc(F)c1CN1CCNCC12CCCC2. The molecule has 1 N–H and O–H groups in total. The highest BCUT2D eigenvalue weighted by Crippen LogP contribution is 2.37.